The molecule has 0 saturated heterocycles. The molecular formula is C21H28N3O3S+. The van der Waals surface area contributed by atoms with Crippen LogP contribution >= 0.6 is 12.6 Å². The molecule has 150 valence electrons. The van der Waals surface area contributed by atoms with Gasteiger partial charge in [0.05, 0.1) is 13.2 Å². The summed E-state index contributed by atoms with van der Waals surface area (Å²) in [6.07, 6.45) is 5.84. The van der Waals surface area contributed by atoms with E-state index in [0.29, 0.717) is 25.4 Å². The molecule has 1 aromatic heterocycles. The molecule has 0 aliphatic carbocycles. The molecule has 2 rings (SSSR count). The van der Waals surface area contributed by atoms with Crippen LogP contribution in [-0.2, 0) is 11.3 Å². The fourth-order valence-electron chi connectivity index (χ4n) is 2.78. The smallest absolute Gasteiger partial charge is 0.286 e. The number of carbonyl (C=O) groups excluding carboxylic acids is 1. The minimum absolute atomic E-state index is 0.0389. The van der Waals surface area contributed by atoms with E-state index in [1.807, 2.05) is 70.3 Å². The number of benzene rings is 1. The standard InChI is InChI=1S/C21H27N3O3S/c25-14-12-23(13-15-26)20-8-5-18(6-9-20)4-7-19-3-1-2-11-24(19)17-21(27)22-10-16-28/h1-9,11,25-26H,10,12-17H2,(H-,22,27,28)/p+1. The van der Waals surface area contributed by atoms with Crippen molar-refractivity contribution in [2.45, 2.75) is 6.54 Å². The highest BCUT2D eigenvalue weighted by Gasteiger charge is 2.12. The van der Waals surface area contributed by atoms with Crippen LogP contribution in [0.25, 0.3) is 12.2 Å². The fourth-order valence-corrected chi connectivity index (χ4v) is 2.89. The zero-order chi connectivity index (χ0) is 20.2. The quantitative estimate of drug-likeness (QED) is 0.334. The van der Waals surface area contributed by atoms with Gasteiger partial charge >= 0.3 is 0 Å². The third-order valence-electron chi connectivity index (χ3n) is 4.17. The summed E-state index contributed by atoms with van der Waals surface area (Å²) < 4.78 is 1.89. The van der Waals surface area contributed by atoms with Crippen LogP contribution in [0.3, 0.4) is 0 Å². The third kappa shape index (κ3) is 6.99. The van der Waals surface area contributed by atoms with Gasteiger partial charge in [-0.15, -0.1) is 0 Å². The van der Waals surface area contributed by atoms with E-state index in [1.54, 1.807) is 0 Å². The number of aliphatic hydroxyl groups excluding tert-OH is 2. The van der Waals surface area contributed by atoms with E-state index in [1.165, 1.54) is 0 Å². The number of hydrogen-bond acceptors (Lipinski definition) is 5. The van der Waals surface area contributed by atoms with Crippen LogP contribution in [-0.4, -0.2) is 54.7 Å². The first-order valence-corrected chi connectivity index (χ1v) is 9.92. The second-order valence-electron chi connectivity index (χ2n) is 6.19. The van der Waals surface area contributed by atoms with Crippen molar-refractivity contribution in [2.75, 3.05) is 43.5 Å². The zero-order valence-corrected chi connectivity index (χ0v) is 16.8. The molecule has 1 heterocycles. The summed E-state index contributed by atoms with van der Waals surface area (Å²) in [4.78, 5) is 13.9. The summed E-state index contributed by atoms with van der Waals surface area (Å²) >= 11 is 4.10. The Hall–Kier alpha value is -2.35. The number of carbonyl (C=O) groups is 1. The van der Waals surface area contributed by atoms with Gasteiger partial charge in [0, 0.05) is 49.3 Å². The maximum atomic E-state index is 12.0. The number of thiol groups is 1. The van der Waals surface area contributed by atoms with Gasteiger partial charge in [-0.05, 0) is 29.8 Å². The van der Waals surface area contributed by atoms with Gasteiger partial charge in [0.15, 0.2) is 6.20 Å². The Balaban J connectivity index is 2.08. The number of amides is 1. The predicted molar refractivity (Wildman–Crippen MR) is 115 cm³/mol. The van der Waals surface area contributed by atoms with Gasteiger partial charge in [-0.1, -0.05) is 12.1 Å². The Morgan fingerprint density at radius 1 is 1.07 bits per heavy atom. The largest absolute Gasteiger partial charge is 0.395 e. The minimum atomic E-state index is -0.0443. The topological polar surface area (TPSA) is 76.7 Å². The van der Waals surface area contributed by atoms with Crippen molar-refractivity contribution >= 4 is 36.4 Å². The first kappa shape index (κ1) is 21.9. The molecule has 0 fully saturated rings. The lowest BCUT2D eigenvalue weighted by molar-refractivity contribution is -0.686. The lowest BCUT2D eigenvalue weighted by Gasteiger charge is -2.22. The third-order valence-corrected chi connectivity index (χ3v) is 4.39. The van der Waals surface area contributed by atoms with Crippen LogP contribution in [0.5, 0.6) is 0 Å². The molecule has 0 radical (unpaired) electrons. The Bertz CT molecular complexity index is 760. The number of anilines is 1. The summed E-state index contributed by atoms with van der Waals surface area (Å²) in [6, 6.07) is 13.7. The van der Waals surface area contributed by atoms with E-state index in [0.717, 1.165) is 16.9 Å². The van der Waals surface area contributed by atoms with Crippen LogP contribution < -0.4 is 14.8 Å². The summed E-state index contributed by atoms with van der Waals surface area (Å²) in [5.41, 5.74) is 2.90. The van der Waals surface area contributed by atoms with Crippen molar-refractivity contribution in [3.8, 4) is 0 Å². The van der Waals surface area contributed by atoms with Gasteiger partial charge in [-0.2, -0.15) is 17.2 Å². The van der Waals surface area contributed by atoms with Crippen molar-refractivity contribution in [3.05, 3.63) is 59.9 Å². The Labute approximate surface area is 171 Å². The van der Waals surface area contributed by atoms with Crippen LogP contribution in [0.15, 0.2) is 48.7 Å². The molecule has 1 aromatic carbocycles. The van der Waals surface area contributed by atoms with E-state index in [2.05, 4.69) is 17.9 Å². The minimum Gasteiger partial charge on any atom is -0.395 e. The summed E-state index contributed by atoms with van der Waals surface area (Å²) in [6.45, 7) is 1.85. The van der Waals surface area contributed by atoms with E-state index in [4.69, 9.17) is 10.2 Å². The zero-order valence-electron chi connectivity index (χ0n) is 15.9. The maximum absolute atomic E-state index is 12.0. The van der Waals surface area contributed by atoms with Crippen molar-refractivity contribution in [1.29, 1.82) is 0 Å². The summed E-state index contributed by atoms with van der Waals surface area (Å²) in [7, 11) is 0. The van der Waals surface area contributed by atoms with Gasteiger partial charge in [0.25, 0.3) is 5.91 Å². The number of aromatic nitrogens is 1. The highest BCUT2D eigenvalue weighted by Crippen LogP contribution is 2.16. The van der Waals surface area contributed by atoms with Gasteiger partial charge < -0.3 is 20.4 Å². The molecule has 7 heteroatoms. The number of pyridine rings is 1. The average Bonchev–Trinajstić information content (AvgIpc) is 2.72. The summed E-state index contributed by atoms with van der Waals surface area (Å²) in [5, 5.41) is 21.1. The first-order valence-electron chi connectivity index (χ1n) is 9.28. The second-order valence-corrected chi connectivity index (χ2v) is 6.63. The van der Waals surface area contributed by atoms with E-state index in [9.17, 15) is 4.79 Å². The highest BCUT2D eigenvalue weighted by atomic mass is 32.1. The van der Waals surface area contributed by atoms with Gasteiger partial charge in [0.2, 0.25) is 12.2 Å². The number of aliphatic hydroxyl groups is 2. The lowest BCUT2D eigenvalue weighted by atomic mass is 10.1. The molecule has 0 unspecified atom stereocenters. The van der Waals surface area contributed by atoms with Crippen LogP contribution in [0.4, 0.5) is 5.69 Å². The number of nitrogens with one attached hydrogen (secondary N) is 1. The number of nitrogens with zero attached hydrogens (tertiary/aromatic N) is 2. The van der Waals surface area contributed by atoms with Crippen LogP contribution in [0.1, 0.15) is 11.3 Å². The molecule has 0 bridgehead atoms. The monoisotopic (exact) mass is 402 g/mol. The lowest BCUT2D eigenvalue weighted by Crippen LogP contribution is -2.45. The molecule has 0 spiro atoms. The van der Waals surface area contributed by atoms with Crippen LogP contribution in [0.2, 0.25) is 0 Å². The summed E-state index contributed by atoms with van der Waals surface area (Å²) in [5.74, 6) is 0.569. The predicted octanol–water partition coefficient (Wildman–Crippen LogP) is 0.981. The van der Waals surface area contributed by atoms with Gasteiger partial charge in [0.1, 0.15) is 0 Å². The van der Waals surface area contributed by atoms with Crippen molar-refractivity contribution in [2.24, 2.45) is 0 Å². The molecule has 3 N–H and O–H groups in total. The molecule has 0 aliphatic rings. The maximum Gasteiger partial charge on any atom is 0.286 e. The van der Waals surface area contributed by atoms with E-state index < -0.39 is 0 Å². The molecule has 2 aromatic rings. The molecule has 28 heavy (non-hydrogen) atoms. The Morgan fingerprint density at radius 2 is 1.79 bits per heavy atom. The van der Waals surface area contributed by atoms with Crippen molar-refractivity contribution in [1.82, 2.24) is 5.32 Å². The molecule has 0 aliphatic heterocycles. The number of hydrogen-bond donors (Lipinski definition) is 4. The number of rotatable bonds is 11. The van der Waals surface area contributed by atoms with Crippen LogP contribution in [0, 0.1) is 0 Å². The van der Waals surface area contributed by atoms with E-state index in [-0.39, 0.29) is 25.7 Å². The molecule has 0 saturated carbocycles. The van der Waals surface area contributed by atoms with Crippen molar-refractivity contribution in [3.63, 3.8) is 0 Å². The Kier molecular flexibility index (Phi) is 9.54. The molecule has 0 atom stereocenters. The molecule has 6 nitrogen and oxygen atoms in total. The molecular weight excluding hydrogens is 374 g/mol. The van der Waals surface area contributed by atoms with Gasteiger partial charge in [-0.25, -0.2) is 0 Å². The van der Waals surface area contributed by atoms with Gasteiger partial charge in [-0.3, -0.25) is 4.79 Å². The second kappa shape index (κ2) is 12.2. The highest BCUT2D eigenvalue weighted by molar-refractivity contribution is 7.80. The van der Waals surface area contributed by atoms with E-state index >= 15 is 0 Å². The normalized spacial score (nSPS) is 11.0. The SMILES string of the molecule is O=C(C[n+]1ccccc1C=Cc1ccc(N(CCO)CCO)cc1)NCCS. The average molecular weight is 403 g/mol. The first-order chi connectivity index (χ1) is 13.7. The fraction of sp³-hybridized carbons (Fsp3) is 0.333. The molecule has 1 amide bonds. The van der Waals surface area contributed by atoms with Crippen molar-refractivity contribution < 1.29 is 19.6 Å². The Morgan fingerprint density at radius 3 is 2.43 bits per heavy atom.